The number of halogens is 2. The van der Waals surface area contributed by atoms with E-state index in [0.29, 0.717) is 5.56 Å². The van der Waals surface area contributed by atoms with E-state index in [4.69, 9.17) is 23.2 Å². The molecule has 0 saturated heterocycles. The third-order valence-electron chi connectivity index (χ3n) is 1.90. The topological polar surface area (TPSA) is 37.3 Å². The summed E-state index contributed by atoms with van der Waals surface area (Å²) in [6.07, 6.45) is 0. The number of rotatable bonds is 2. The summed E-state index contributed by atoms with van der Waals surface area (Å²) in [5, 5.41) is 9.55. The summed E-state index contributed by atoms with van der Waals surface area (Å²) in [6, 6.07) is 3.31. The van der Waals surface area contributed by atoms with E-state index in [-0.39, 0.29) is 11.3 Å². The first kappa shape index (κ1) is 11.3. The Hall–Kier alpha value is -0.730. The lowest BCUT2D eigenvalue weighted by Crippen LogP contribution is -2.10. The molecule has 0 unspecified atom stereocenters. The Bertz CT molecular complexity index is 349. The summed E-state index contributed by atoms with van der Waals surface area (Å²) in [4.78, 5) is 10.3. The predicted octanol–water partition coefficient (Wildman–Crippen LogP) is 3.00. The summed E-state index contributed by atoms with van der Waals surface area (Å²) in [5.74, 6) is -0.540. The molecular weight excluding hydrogens is 223 g/mol. The second-order valence-electron chi connectivity index (χ2n) is 3.14. The summed E-state index contributed by atoms with van der Waals surface area (Å²) < 4.78 is 0. The van der Waals surface area contributed by atoms with Crippen molar-refractivity contribution in [1.82, 2.24) is 0 Å². The second kappa shape index (κ2) is 4.20. The van der Waals surface area contributed by atoms with Crippen molar-refractivity contribution in [3.63, 3.8) is 0 Å². The van der Waals surface area contributed by atoms with Crippen molar-refractivity contribution in [2.45, 2.75) is 18.7 Å². The zero-order valence-corrected chi connectivity index (χ0v) is 9.36. The minimum Gasteiger partial charge on any atom is -0.507 e. The Morgan fingerprint density at radius 1 is 1.36 bits per heavy atom. The average Bonchev–Trinajstić information content (AvgIpc) is 2.01. The molecule has 76 valence electrons. The van der Waals surface area contributed by atoms with Gasteiger partial charge in [-0.2, -0.15) is 0 Å². The first-order chi connectivity index (χ1) is 6.43. The number of hydrogen-bond donors (Lipinski definition) is 1. The van der Waals surface area contributed by atoms with E-state index in [1.807, 2.05) is 6.92 Å². The molecule has 0 aromatic heterocycles. The van der Waals surface area contributed by atoms with Crippen molar-refractivity contribution in [3.8, 4) is 5.75 Å². The van der Waals surface area contributed by atoms with Crippen molar-refractivity contribution < 1.29 is 9.90 Å². The Morgan fingerprint density at radius 3 is 2.36 bits per heavy atom. The number of ketones is 1. The van der Waals surface area contributed by atoms with Gasteiger partial charge in [-0.05, 0) is 31.0 Å². The molecule has 0 radical (unpaired) electrons. The van der Waals surface area contributed by atoms with Crippen LogP contribution >= 0.6 is 23.2 Å². The highest BCUT2D eigenvalue weighted by Gasteiger charge is 2.20. The monoisotopic (exact) mass is 232 g/mol. The third kappa shape index (κ3) is 2.20. The second-order valence-corrected chi connectivity index (χ2v) is 4.24. The van der Waals surface area contributed by atoms with Gasteiger partial charge < -0.3 is 5.11 Å². The van der Waals surface area contributed by atoms with Crippen molar-refractivity contribution >= 4 is 29.0 Å². The normalized spacial score (nSPS) is 10.6. The number of phenolic OH excluding ortho intramolecular Hbond substituents is 1. The van der Waals surface area contributed by atoms with Crippen LogP contribution in [0.4, 0.5) is 0 Å². The molecule has 0 spiro atoms. The summed E-state index contributed by atoms with van der Waals surface area (Å²) >= 11 is 10.9. The van der Waals surface area contributed by atoms with Gasteiger partial charge in [-0.25, -0.2) is 0 Å². The van der Waals surface area contributed by atoms with Crippen molar-refractivity contribution in [2.24, 2.45) is 0 Å². The number of aryl methyl sites for hydroxylation is 2. The molecular formula is C10H10Cl2O2. The molecule has 14 heavy (non-hydrogen) atoms. The molecule has 0 aliphatic rings. The third-order valence-corrected chi connectivity index (χ3v) is 2.30. The summed E-state index contributed by atoms with van der Waals surface area (Å²) in [6.45, 7) is 3.57. The van der Waals surface area contributed by atoms with Crippen LogP contribution in [0.15, 0.2) is 12.1 Å². The maximum absolute atomic E-state index is 11.5. The van der Waals surface area contributed by atoms with Crippen LogP contribution in [0.1, 0.15) is 21.5 Å². The Balaban J connectivity index is 3.28. The fraction of sp³-hybridized carbons (Fsp3) is 0.300. The molecule has 2 nitrogen and oxygen atoms in total. The van der Waals surface area contributed by atoms with Gasteiger partial charge in [0.15, 0.2) is 10.6 Å². The molecule has 0 heterocycles. The Kier molecular flexibility index (Phi) is 3.40. The van der Waals surface area contributed by atoms with E-state index < -0.39 is 10.6 Å². The molecule has 0 fully saturated rings. The van der Waals surface area contributed by atoms with Crippen LogP contribution in [0, 0.1) is 13.8 Å². The van der Waals surface area contributed by atoms with Crippen LogP contribution < -0.4 is 0 Å². The number of aromatic hydroxyl groups is 1. The van der Waals surface area contributed by atoms with Crippen LogP contribution in [-0.2, 0) is 0 Å². The number of carbonyl (C=O) groups excluding carboxylic acids is 1. The van der Waals surface area contributed by atoms with Crippen LogP contribution in [0.5, 0.6) is 5.75 Å². The molecule has 4 heteroatoms. The van der Waals surface area contributed by atoms with Crippen LogP contribution in [-0.4, -0.2) is 15.7 Å². The first-order valence-electron chi connectivity index (χ1n) is 4.06. The van der Waals surface area contributed by atoms with Gasteiger partial charge in [0.25, 0.3) is 0 Å². The summed E-state index contributed by atoms with van der Waals surface area (Å²) in [7, 11) is 0. The van der Waals surface area contributed by atoms with Crippen LogP contribution in [0.25, 0.3) is 0 Å². The van der Waals surface area contributed by atoms with E-state index in [0.717, 1.165) is 5.56 Å². The predicted molar refractivity (Wildman–Crippen MR) is 57.4 cm³/mol. The number of phenols is 1. The smallest absolute Gasteiger partial charge is 0.199 e. The quantitative estimate of drug-likeness (QED) is 0.629. The van der Waals surface area contributed by atoms with E-state index in [1.165, 1.54) is 6.07 Å². The van der Waals surface area contributed by atoms with Gasteiger partial charge in [0.05, 0.1) is 5.56 Å². The highest BCUT2D eigenvalue weighted by molar-refractivity contribution is 6.55. The lowest BCUT2D eigenvalue weighted by Gasteiger charge is -2.08. The highest BCUT2D eigenvalue weighted by atomic mass is 35.5. The van der Waals surface area contributed by atoms with Gasteiger partial charge in [-0.1, -0.05) is 29.3 Å². The minimum absolute atomic E-state index is 0.0706. The number of carbonyl (C=O) groups is 1. The van der Waals surface area contributed by atoms with E-state index in [1.54, 1.807) is 13.0 Å². The Labute approximate surface area is 92.5 Å². The SMILES string of the molecule is Cc1cc(C)c(C(=O)C(Cl)Cl)c(O)c1. The maximum atomic E-state index is 11.5. The lowest BCUT2D eigenvalue weighted by molar-refractivity contribution is 0.100. The molecule has 0 aliphatic carbocycles. The average molecular weight is 233 g/mol. The standard InChI is InChI=1S/C10H10Cl2O2/c1-5-3-6(2)8(7(13)4-5)9(14)10(11)12/h3-4,10,13H,1-2H3. The van der Waals surface area contributed by atoms with Crippen molar-refractivity contribution in [1.29, 1.82) is 0 Å². The van der Waals surface area contributed by atoms with Gasteiger partial charge in [-0.3, -0.25) is 4.79 Å². The molecule has 0 saturated carbocycles. The molecule has 0 atom stereocenters. The molecule has 0 bridgehead atoms. The molecule has 1 aromatic rings. The van der Waals surface area contributed by atoms with E-state index >= 15 is 0 Å². The molecule has 1 rings (SSSR count). The number of benzene rings is 1. The minimum atomic E-state index is -1.14. The van der Waals surface area contributed by atoms with Crippen LogP contribution in [0.2, 0.25) is 0 Å². The lowest BCUT2D eigenvalue weighted by atomic mass is 10.0. The number of alkyl halides is 2. The summed E-state index contributed by atoms with van der Waals surface area (Å²) in [5.41, 5.74) is 1.77. The van der Waals surface area contributed by atoms with Gasteiger partial charge in [0, 0.05) is 0 Å². The van der Waals surface area contributed by atoms with E-state index in [2.05, 4.69) is 0 Å². The van der Waals surface area contributed by atoms with Crippen molar-refractivity contribution in [3.05, 3.63) is 28.8 Å². The van der Waals surface area contributed by atoms with Gasteiger partial charge >= 0.3 is 0 Å². The zero-order valence-electron chi connectivity index (χ0n) is 7.84. The van der Waals surface area contributed by atoms with Gasteiger partial charge in [-0.15, -0.1) is 0 Å². The number of Topliss-reactive ketones (excluding diaryl/α,β-unsaturated/α-hetero) is 1. The highest BCUT2D eigenvalue weighted by Crippen LogP contribution is 2.26. The molecule has 0 amide bonds. The van der Waals surface area contributed by atoms with Crippen molar-refractivity contribution in [2.75, 3.05) is 0 Å². The first-order valence-corrected chi connectivity index (χ1v) is 4.93. The van der Waals surface area contributed by atoms with Crippen LogP contribution in [0.3, 0.4) is 0 Å². The zero-order chi connectivity index (χ0) is 10.9. The molecule has 1 aromatic carbocycles. The van der Waals surface area contributed by atoms with Gasteiger partial charge in [0.2, 0.25) is 0 Å². The largest absolute Gasteiger partial charge is 0.507 e. The molecule has 1 N–H and O–H groups in total. The fourth-order valence-electron chi connectivity index (χ4n) is 1.37. The fourth-order valence-corrected chi connectivity index (χ4v) is 1.59. The van der Waals surface area contributed by atoms with E-state index in [9.17, 15) is 9.90 Å². The maximum Gasteiger partial charge on any atom is 0.199 e. The molecule has 0 aliphatic heterocycles. The Morgan fingerprint density at radius 2 is 1.93 bits per heavy atom. The van der Waals surface area contributed by atoms with Gasteiger partial charge in [0.1, 0.15) is 5.75 Å². The number of hydrogen-bond acceptors (Lipinski definition) is 2.